The summed E-state index contributed by atoms with van der Waals surface area (Å²) in [6.07, 6.45) is 0. The Morgan fingerprint density at radius 1 is 1.43 bits per heavy atom. The molecule has 6 heteroatoms. The van der Waals surface area contributed by atoms with E-state index in [2.05, 4.69) is 18.7 Å². The van der Waals surface area contributed by atoms with Gasteiger partial charge in [-0.2, -0.15) is 0 Å². The summed E-state index contributed by atoms with van der Waals surface area (Å²) >= 11 is 6.23. The molecule has 0 bridgehead atoms. The maximum Gasteiger partial charge on any atom is 0.325 e. The van der Waals surface area contributed by atoms with Crippen LogP contribution in [-0.4, -0.2) is 59.7 Å². The van der Waals surface area contributed by atoms with Crippen molar-refractivity contribution >= 4 is 17.6 Å². The van der Waals surface area contributed by atoms with Gasteiger partial charge in [0.15, 0.2) is 0 Å². The van der Waals surface area contributed by atoms with E-state index in [1.165, 1.54) is 0 Å². The molecule has 0 amide bonds. The zero-order chi connectivity index (χ0) is 17.0. The molecule has 0 aliphatic carbocycles. The number of likely N-dealkylation sites (N-methyl/N-ethyl adjacent to an activating group) is 1. The largest absolute Gasteiger partial charge is 0.492 e. The number of halogens is 1. The number of ether oxygens (including phenoxy) is 1. The molecule has 1 N–H and O–H groups in total. The molecule has 0 saturated carbocycles. The van der Waals surface area contributed by atoms with Crippen molar-refractivity contribution in [2.75, 3.05) is 32.8 Å². The molecule has 0 radical (unpaired) electrons. The maximum atomic E-state index is 11.9. The average Bonchev–Trinajstić information content (AvgIpc) is 2.51. The van der Waals surface area contributed by atoms with Gasteiger partial charge in [-0.15, -0.1) is 0 Å². The van der Waals surface area contributed by atoms with Gasteiger partial charge >= 0.3 is 5.97 Å². The van der Waals surface area contributed by atoms with Gasteiger partial charge in [0, 0.05) is 25.7 Å². The first-order chi connectivity index (χ1) is 11.0. The number of carbonyl (C=O) groups is 1. The molecule has 23 heavy (non-hydrogen) atoms. The number of rotatable bonds is 6. The fourth-order valence-electron chi connectivity index (χ4n) is 3.15. The number of nitrogens with zero attached hydrogens (tertiary/aromatic N) is 2. The summed E-state index contributed by atoms with van der Waals surface area (Å²) in [4.78, 5) is 16.3. The van der Waals surface area contributed by atoms with Gasteiger partial charge in [0.25, 0.3) is 0 Å². The van der Waals surface area contributed by atoms with Crippen molar-refractivity contribution in [2.24, 2.45) is 0 Å². The van der Waals surface area contributed by atoms with Gasteiger partial charge in [-0.25, -0.2) is 0 Å². The molecule has 2 rings (SSSR count). The molecule has 2 atom stereocenters. The van der Waals surface area contributed by atoms with Crippen LogP contribution in [0.3, 0.4) is 0 Å². The Balaban J connectivity index is 2.25. The van der Waals surface area contributed by atoms with Crippen molar-refractivity contribution in [3.8, 4) is 5.75 Å². The highest BCUT2D eigenvalue weighted by Crippen LogP contribution is 2.32. The Bertz CT molecular complexity index is 553. The molecule has 0 spiro atoms. The number of hydrogen-bond acceptors (Lipinski definition) is 4. The maximum absolute atomic E-state index is 11.9. The SMILES string of the molecule is CCOc1ccc(C(C(=O)O)N2CCN(CC)CC2C)cc1Cl. The normalized spacial score (nSPS) is 21.1. The van der Waals surface area contributed by atoms with Gasteiger partial charge in [0.05, 0.1) is 11.6 Å². The van der Waals surface area contributed by atoms with Crippen molar-refractivity contribution in [1.29, 1.82) is 0 Å². The number of carboxylic acid groups (broad SMARTS) is 1. The summed E-state index contributed by atoms with van der Waals surface area (Å²) in [5.74, 6) is -0.257. The van der Waals surface area contributed by atoms with Gasteiger partial charge in [-0.3, -0.25) is 9.69 Å². The molecule has 5 nitrogen and oxygen atoms in total. The van der Waals surface area contributed by atoms with Gasteiger partial charge in [-0.1, -0.05) is 24.6 Å². The lowest BCUT2D eigenvalue weighted by molar-refractivity contribution is -0.145. The predicted molar refractivity (Wildman–Crippen MR) is 91.3 cm³/mol. The molecule has 1 heterocycles. The van der Waals surface area contributed by atoms with Crippen LogP contribution in [0.2, 0.25) is 5.02 Å². The van der Waals surface area contributed by atoms with Crippen molar-refractivity contribution in [3.63, 3.8) is 0 Å². The fourth-order valence-corrected chi connectivity index (χ4v) is 3.40. The van der Waals surface area contributed by atoms with Crippen molar-refractivity contribution < 1.29 is 14.6 Å². The molecule has 0 aromatic heterocycles. The topological polar surface area (TPSA) is 53.0 Å². The van der Waals surface area contributed by atoms with E-state index < -0.39 is 12.0 Å². The highest BCUT2D eigenvalue weighted by Gasteiger charge is 2.34. The van der Waals surface area contributed by atoms with Crippen LogP contribution in [0.1, 0.15) is 32.4 Å². The summed E-state index contributed by atoms with van der Waals surface area (Å²) in [5, 5.41) is 10.2. The first-order valence-electron chi connectivity index (χ1n) is 8.11. The minimum absolute atomic E-state index is 0.176. The van der Waals surface area contributed by atoms with E-state index in [0.717, 1.165) is 26.2 Å². The van der Waals surface area contributed by atoms with Gasteiger partial charge in [0.1, 0.15) is 11.8 Å². The standard InChI is InChI=1S/C17H25ClN2O3/c1-4-19-8-9-20(12(3)11-19)16(17(21)22)13-6-7-15(23-5-2)14(18)10-13/h6-7,10,12,16H,4-5,8-9,11H2,1-3H3,(H,21,22). The van der Waals surface area contributed by atoms with Crippen molar-refractivity contribution in [3.05, 3.63) is 28.8 Å². The highest BCUT2D eigenvalue weighted by atomic mass is 35.5. The Morgan fingerprint density at radius 2 is 2.17 bits per heavy atom. The van der Waals surface area contributed by atoms with E-state index in [0.29, 0.717) is 22.9 Å². The lowest BCUT2D eigenvalue weighted by atomic mass is 10.0. The molecular weight excluding hydrogens is 316 g/mol. The summed E-state index contributed by atoms with van der Waals surface area (Å²) in [5.41, 5.74) is 0.697. The summed E-state index contributed by atoms with van der Waals surface area (Å²) in [6.45, 7) is 10.1. The first kappa shape index (κ1) is 18.0. The number of carboxylic acids is 1. The second-order valence-electron chi connectivity index (χ2n) is 5.84. The molecule has 1 aromatic rings. The molecule has 1 aliphatic rings. The summed E-state index contributed by atoms with van der Waals surface area (Å²) in [6, 6.07) is 4.76. The molecule has 1 aromatic carbocycles. The zero-order valence-electron chi connectivity index (χ0n) is 14.0. The number of aliphatic carboxylic acids is 1. The molecule has 1 aliphatic heterocycles. The third kappa shape index (κ3) is 4.16. The first-order valence-corrected chi connectivity index (χ1v) is 8.48. The Morgan fingerprint density at radius 3 is 2.70 bits per heavy atom. The van der Waals surface area contributed by atoms with Crippen molar-refractivity contribution in [1.82, 2.24) is 9.80 Å². The Kier molecular flexibility index (Phi) is 6.27. The molecular formula is C17H25ClN2O3. The molecule has 2 unspecified atom stereocenters. The van der Waals surface area contributed by atoms with E-state index in [-0.39, 0.29) is 6.04 Å². The van der Waals surface area contributed by atoms with E-state index in [9.17, 15) is 9.90 Å². The van der Waals surface area contributed by atoms with E-state index in [1.807, 2.05) is 11.8 Å². The zero-order valence-corrected chi connectivity index (χ0v) is 14.7. The van der Waals surface area contributed by atoms with Gasteiger partial charge in [0.2, 0.25) is 0 Å². The third-order valence-electron chi connectivity index (χ3n) is 4.35. The summed E-state index contributed by atoms with van der Waals surface area (Å²) < 4.78 is 5.43. The van der Waals surface area contributed by atoms with Crippen LogP contribution in [0.25, 0.3) is 0 Å². The average molecular weight is 341 g/mol. The van der Waals surface area contributed by atoms with Crippen LogP contribution >= 0.6 is 11.6 Å². The second-order valence-corrected chi connectivity index (χ2v) is 6.25. The lowest BCUT2D eigenvalue weighted by Crippen LogP contribution is -2.54. The van der Waals surface area contributed by atoms with Crippen LogP contribution in [0, 0.1) is 0 Å². The van der Waals surface area contributed by atoms with Gasteiger partial charge < -0.3 is 14.7 Å². The highest BCUT2D eigenvalue weighted by molar-refractivity contribution is 6.32. The lowest BCUT2D eigenvalue weighted by Gasteiger charge is -2.42. The monoisotopic (exact) mass is 340 g/mol. The predicted octanol–water partition coefficient (Wildman–Crippen LogP) is 2.89. The van der Waals surface area contributed by atoms with Gasteiger partial charge in [-0.05, 0) is 38.1 Å². The Labute approximate surface area is 142 Å². The molecule has 1 saturated heterocycles. The van der Waals surface area contributed by atoms with Crippen LogP contribution in [0.4, 0.5) is 0 Å². The molecule has 128 valence electrons. The fraction of sp³-hybridized carbons (Fsp3) is 0.588. The second kappa shape index (κ2) is 7.99. The Hall–Kier alpha value is -1.30. The van der Waals surface area contributed by atoms with E-state index in [1.54, 1.807) is 18.2 Å². The number of piperazine rings is 1. The van der Waals surface area contributed by atoms with Crippen LogP contribution in [0.15, 0.2) is 18.2 Å². The minimum Gasteiger partial charge on any atom is -0.492 e. The van der Waals surface area contributed by atoms with Crippen LogP contribution < -0.4 is 4.74 Å². The van der Waals surface area contributed by atoms with Crippen LogP contribution in [-0.2, 0) is 4.79 Å². The summed E-state index contributed by atoms with van der Waals surface area (Å²) in [7, 11) is 0. The van der Waals surface area contributed by atoms with E-state index in [4.69, 9.17) is 16.3 Å². The number of benzene rings is 1. The number of hydrogen-bond donors (Lipinski definition) is 1. The molecule has 1 fully saturated rings. The third-order valence-corrected chi connectivity index (χ3v) is 4.64. The van der Waals surface area contributed by atoms with E-state index >= 15 is 0 Å². The quantitative estimate of drug-likeness (QED) is 0.863. The smallest absolute Gasteiger partial charge is 0.325 e. The van der Waals surface area contributed by atoms with Crippen LogP contribution in [0.5, 0.6) is 5.75 Å². The minimum atomic E-state index is -0.845. The van der Waals surface area contributed by atoms with Crippen molar-refractivity contribution in [2.45, 2.75) is 32.9 Å².